The summed E-state index contributed by atoms with van der Waals surface area (Å²) in [7, 11) is 0. The lowest BCUT2D eigenvalue weighted by molar-refractivity contribution is -0.121. The number of hydrogen-bond donors (Lipinski definition) is 3. The molecule has 10 heteroatoms. The van der Waals surface area contributed by atoms with E-state index in [9.17, 15) is 18.4 Å². The lowest BCUT2D eigenvalue weighted by atomic mass is 10.1. The van der Waals surface area contributed by atoms with Crippen LogP contribution in [0.5, 0.6) is 0 Å². The van der Waals surface area contributed by atoms with E-state index in [2.05, 4.69) is 25.8 Å². The number of amides is 1. The normalized spacial score (nSPS) is 11.5. The number of hydrogen-bond acceptors (Lipinski definition) is 5. The third-order valence-corrected chi connectivity index (χ3v) is 5.22. The van der Waals surface area contributed by atoms with Crippen LogP contribution in [0.3, 0.4) is 0 Å². The van der Waals surface area contributed by atoms with Crippen LogP contribution >= 0.6 is 0 Å². The maximum absolute atomic E-state index is 14.4. The van der Waals surface area contributed by atoms with Gasteiger partial charge in [0, 0.05) is 29.4 Å². The highest BCUT2D eigenvalue weighted by Crippen LogP contribution is 2.27. The zero-order valence-corrected chi connectivity index (χ0v) is 17.8. The molecule has 1 amide bonds. The van der Waals surface area contributed by atoms with Gasteiger partial charge in [-0.05, 0) is 24.6 Å². The van der Waals surface area contributed by atoms with Crippen LogP contribution in [-0.2, 0) is 23.8 Å². The Bertz CT molecular complexity index is 1330. The Hall–Kier alpha value is -4.08. The summed E-state index contributed by atoms with van der Waals surface area (Å²) in [6.07, 6.45) is 3.06. The van der Waals surface area contributed by atoms with Gasteiger partial charge in [0.15, 0.2) is 5.82 Å². The maximum atomic E-state index is 14.4. The van der Waals surface area contributed by atoms with Gasteiger partial charge in [-0.3, -0.25) is 19.3 Å². The van der Waals surface area contributed by atoms with E-state index in [0.29, 0.717) is 5.69 Å². The van der Waals surface area contributed by atoms with Crippen molar-refractivity contribution in [1.82, 2.24) is 25.1 Å². The lowest BCUT2D eigenvalue weighted by Crippen LogP contribution is -2.35. The number of H-pyrrole nitrogens is 1. The molecule has 0 radical (unpaired) electrons. The second kappa shape index (κ2) is 9.19. The fourth-order valence-corrected chi connectivity index (χ4v) is 3.37. The number of anilines is 1. The Morgan fingerprint density at radius 2 is 1.94 bits per heavy atom. The van der Waals surface area contributed by atoms with Crippen molar-refractivity contribution in [2.24, 2.45) is 0 Å². The smallest absolute Gasteiger partial charge is 0.293 e. The van der Waals surface area contributed by atoms with Crippen LogP contribution in [0.1, 0.15) is 16.8 Å². The first-order valence-corrected chi connectivity index (χ1v) is 10.3. The van der Waals surface area contributed by atoms with Crippen molar-refractivity contribution >= 4 is 22.6 Å². The summed E-state index contributed by atoms with van der Waals surface area (Å²) in [6.45, 7) is 0.833. The number of nitrogens with zero attached hydrogens (tertiary/aromatic N) is 3. The molecule has 0 aliphatic rings. The van der Waals surface area contributed by atoms with Crippen molar-refractivity contribution in [2.45, 2.75) is 25.9 Å². The lowest BCUT2D eigenvalue weighted by Gasteiger charge is -2.18. The molecule has 0 aliphatic carbocycles. The molecule has 170 valence electrons. The van der Waals surface area contributed by atoms with Crippen molar-refractivity contribution in [3.05, 3.63) is 88.1 Å². The first-order chi connectivity index (χ1) is 15.8. The molecule has 0 fully saturated rings. The summed E-state index contributed by atoms with van der Waals surface area (Å²) in [6, 6.07) is 12.9. The van der Waals surface area contributed by atoms with E-state index in [1.807, 2.05) is 18.2 Å². The number of rotatable bonds is 8. The van der Waals surface area contributed by atoms with Crippen molar-refractivity contribution in [2.75, 3.05) is 11.9 Å². The molecule has 3 N–H and O–H groups in total. The van der Waals surface area contributed by atoms with E-state index in [1.54, 1.807) is 19.2 Å². The summed E-state index contributed by atoms with van der Waals surface area (Å²) in [5.74, 6) is -3.83. The number of carbonyl (C=O) groups excluding carboxylic acids is 1. The summed E-state index contributed by atoms with van der Waals surface area (Å²) < 4.78 is 30.1. The van der Waals surface area contributed by atoms with Crippen LogP contribution in [-0.4, -0.2) is 32.2 Å². The van der Waals surface area contributed by atoms with Crippen molar-refractivity contribution in [3.8, 4) is 0 Å². The number of carbonyl (C=O) groups is 1. The molecule has 4 aromatic rings. The Morgan fingerprint density at radius 3 is 2.73 bits per heavy atom. The van der Waals surface area contributed by atoms with Crippen LogP contribution < -0.4 is 16.2 Å². The highest BCUT2D eigenvalue weighted by Gasteiger charge is 2.31. The highest BCUT2D eigenvalue weighted by molar-refractivity contribution is 5.79. The molecule has 0 atom stereocenters. The molecule has 0 unspecified atom stereocenters. The van der Waals surface area contributed by atoms with E-state index < -0.39 is 18.0 Å². The van der Waals surface area contributed by atoms with Gasteiger partial charge in [0.25, 0.3) is 11.5 Å². The Labute approximate surface area is 187 Å². The van der Waals surface area contributed by atoms with Crippen molar-refractivity contribution in [3.63, 3.8) is 0 Å². The summed E-state index contributed by atoms with van der Waals surface area (Å²) in [5.41, 5.74) is 1.39. The van der Waals surface area contributed by atoms with E-state index >= 15 is 0 Å². The fourth-order valence-electron chi connectivity index (χ4n) is 3.37. The topological polar surface area (TPSA) is 105 Å². The Morgan fingerprint density at radius 1 is 1.15 bits per heavy atom. The van der Waals surface area contributed by atoms with Crippen LogP contribution in [0.2, 0.25) is 0 Å². The van der Waals surface area contributed by atoms with Gasteiger partial charge in [-0.1, -0.05) is 36.4 Å². The minimum atomic E-state index is -3.20. The maximum Gasteiger partial charge on any atom is 0.293 e. The molecule has 0 aliphatic heterocycles. The van der Waals surface area contributed by atoms with Gasteiger partial charge in [0.05, 0.1) is 18.3 Å². The van der Waals surface area contributed by atoms with E-state index in [1.165, 1.54) is 35.0 Å². The molecular weight excluding hydrogens is 430 g/mol. The largest absolute Gasteiger partial charge is 0.359 e. The van der Waals surface area contributed by atoms with Crippen LogP contribution in [0.25, 0.3) is 10.9 Å². The van der Waals surface area contributed by atoms with Crippen molar-refractivity contribution < 1.29 is 13.6 Å². The number of alkyl halides is 2. The molecule has 2 aromatic heterocycles. The van der Waals surface area contributed by atoms with Crippen LogP contribution in [0, 0.1) is 6.92 Å². The standard InChI is InChI=1S/C23H22F2N6O2/c1-15-10-27-21(28-14-23(24,25)18-5-3-2-4-6-18)22(33)31(15)13-20(32)26-11-16-7-8-19-17(9-16)12-29-30-19/h2-10,12H,11,13-14H2,1H3,(H,26,32)(H,27,28)(H,29,30). The average Bonchev–Trinajstić information content (AvgIpc) is 3.28. The predicted octanol–water partition coefficient (Wildman–Crippen LogP) is 2.95. The van der Waals surface area contributed by atoms with Gasteiger partial charge in [-0.15, -0.1) is 0 Å². The second-order valence-corrected chi connectivity index (χ2v) is 7.63. The molecule has 0 spiro atoms. The molecular formula is C23H22F2N6O2. The van der Waals surface area contributed by atoms with Gasteiger partial charge in [0.1, 0.15) is 6.54 Å². The fraction of sp³-hybridized carbons (Fsp3) is 0.217. The summed E-state index contributed by atoms with van der Waals surface area (Å²) >= 11 is 0. The Kier molecular flexibility index (Phi) is 6.16. The summed E-state index contributed by atoms with van der Waals surface area (Å²) in [5, 5.41) is 12.9. The number of aromatic amines is 1. The van der Waals surface area contributed by atoms with Gasteiger partial charge < -0.3 is 10.6 Å². The monoisotopic (exact) mass is 452 g/mol. The number of aromatic nitrogens is 4. The van der Waals surface area contributed by atoms with Crippen molar-refractivity contribution in [1.29, 1.82) is 0 Å². The zero-order chi connectivity index (χ0) is 23.4. The highest BCUT2D eigenvalue weighted by atomic mass is 19.3. The first-order valence-electron chi connectivity index (χ1n) is 10.3. The number of nitrogens with one attached hydrogen (secondary N) is 3. The molecule has 2 aromatic carbocycles. The molecule has 0 bridgehead atoms. The van der Waals surface area contributed by atoms with E-state index in [-0.39, 0.29) is 30.4 Å². The van der Waals surface area contributed by atoms with Gasteiger partial charge in [-0.2, -0.15) is 13.9 Å². The minimum absolute atomic E-state index is 0.169. The predicted molar refractivity (Wildman–Crippen MR) is 120 cm³/mol. The molecule has 0 saturated heterocycles. The second-order valence-electron chi connectivity index (χ2n) is 7.63. The third-order valence-electron chi connectivity index (χ3n) is 5.22. The van der Waals surface area contributed by atoms with Crippen LogP contribution in [0.4, 0.5) is 14.6 Å². The van der Waals surface area contributed by atoms with Gasteiger partial charge in [0.2, 0.25) is 5.91 Å². The zero-order valence-electron chi connectivity index (χ0n) is 17.8. The average molecular weight is 452 g/mol. The molecule has 0 saturated carbocycles. The summed E-state index contributed by atoms with van der Waals surface area (Å²) in [4.78, 5) is 29.2. The number of aryl methyl sites for hydroxylation is 1. The third kappa shape index (κ3) is 5.05. The number of halogens is 2. The minimum Gasteiger partial charge on any atom is -0.359 e. The number of fused-ring (bicyclic) bond motifs is 1. The van der Waals surface area contributed by atoms with E-state index in [4.69, 9.17) is 0 Å². The number of benzene rings is 2. The molecule has 8 nitrogen and oxygen atoms in total. The molecule has 4 rings (SSSR count). The SMILES string of the molecule is Cc1cnc(NCC(F)(F)c2ccccc2)c(=O)n1CC(=O)NCc1ccc2[nH]ncc2c1. The van der Waals surface area contributed by atoms with Gasteiger partial charge >= 0.3 is 0 Å². The quantitative estimate of drug-likeness (QED) is 0.381. The first kappa shape index (κ1) is 22.1. The van der Waals surface area contributed by atoms with E-state index in [0.717, 1.165) is 16.5 Å². The van der Waals surface area contributed by atoms with Gasteiger partial charge in [-0.25, -0.2) is 4.98 Å². The Balaban J connectivity index is 1.41. The van der Waals surface area contributed by atoms with Crippen LogP contribution in [0.15, 0.2) is 65.7 Å². The molecule has 2 heterocycles. The molecule has 33 heavy (non-hydrogen) atoms.